The van der Waals surface area contributed by atoms with Crippen molar-refractivity contribution in [3.63, 3.8) is 0 Å². The van der Waals surface area contributed by atoms with Gasteiger partial charge < -0.3 is 10.5 Å². The van der Waals surface area contributed by atoms with E-state index in [1.54, 1.807) is 0 Å². The highest BCUT2D eigenvalue weighted by Crippen LogP contribution is 2.22. The van der Waals surface area contributed by atoms with Gasteiger partial charge in [-0.05, 0) is 26.3 Å². The van der Waals surface area contributed by atoms with Gasteiger partial charge in [-0.25, -0.2) is 0 Å². The van der Waals surface area contributed by atoms with E-state index in [0.717, 1.165) is 26.3 Å². The zero-order valence-electron chi connectivity index (χ0n) is 11.6. The third-order valence-corrected chi connectivity index (χ3v) is 3.70. The zero-order valence-corrected chi connectivity index (χ0v) is 11.6. The highest BCUT2D eigenvalue weighted by atomic mass is 16.5. The number of hydrogen-bond acceptors (Lipinski definition) is 3. The predicted molar refractivity (Wildman–Crippen MR) is 74.6 cm³/mol. The van der Waals surface area contributed by atoms with Crippen molar-refractivity contribution >= 4 is 0 Å². The summed E-state index contributed by atoms with van der Waals surface area (Å²) in [6.45, 7) is 9.99. The molecule has 1 heterocycles. The van der Waals surface area contributed by atoms with Gasteiger partial charge >= 0.3 is 0 Å². The summed E-state index contributed by atoms with van der Waals surface area (Å²) in [6, 6.07) is 8.55. The lowest BCUT2D eigenvalue weighted by Crippen LogP contribution is -2.54. The second kappa shape index (κ2) is 5.39. The molecular formula is C15H24N2O. The molecule has 100 valence electrons. The number of morpholine rings is 1. The molecule has 0 saturated carbocycles. The smallest absolute Gasteiger partial charge is 0.0645 e. The van der Waals surface area contributed by atoms with Crippen molar-refractivity contribution in [3.05, 3.63) is 35.4 Å². The Hall–Kier alpha value is -0.900. The molecule has 0 spiro atoms. The van der Waals surface area contributed by atoms with Crippen LogP contribution in [0.1, 0.15) is 31.0 Å². The molecule has 0 amide bonds. The topological polar surface area (TPSA) is 38.5 Å². The summed E-state index contributed by atoms with van der Waals surface area (Å²) in [4.78, 5) is 2.43. The van der Waals surface area contributed by atoms with Gasteiger partial charge in [0.25, 0.3) is 0 Å². The third kappa shape index (κ3) is 3.10. The first-order valence-electron chi connectivity index (χ1n) is 6.64. The number of nitrogens with zero attached hydrogens (tertiary/aromatic N) is 1. The largest absolute Gasteiger partial charge is 0.378 e. The quantitative estimate of drug-likeness (QED) is 0.890. The van der Waals surface area contributed by atoms with E-state index in [1.807, 2.05) is 0 Å². The van der Waals surface area contributed by atoms with Crippen molar-refractivity contribution in [2.75, 3.05) is 26.3 Å². The van der Waals surface area contributed by atoms with Crippen LogP contribution in [0.4, 0.5) is 0 Å². The summed E-state index contributed by atoms with van der Waals surface area (Å²) < 4.78 is 5.54. The van der Waals surface area contributed by atoms with Crippen LogP contribution >= 0.6 is 0 Å². The van der Waals surface area contributed by atoms with Gasteiger partial charge in [0, 0.05) is 24.7 Å². The molecule has 1 saturated heterocycles. The number of benzene rings is 1. The van der Waals surface area contributed by atoms with E-state index in [1.165, 1.54) is 11.1 Å². The fourth-order valence-electron chi connectivity index (χ4n) is 2.47. The molecule has 1 atom stereocenters. The molecule has 1 aliphatic rings. The Bertz CT molecular complexity index is 403. The Balaban J connectivity index is 2.04. The summed E-state index contributed by atoms with van der Waals surface area (Å²) in [7, 11) is 0. The van der Waals surface area contributed by atoms with E-state index in [-0.39, 0.29) is 11.6 Å². The van der Waals surface area contributed by atoms with Crippen molar-refractivity contribution in [3.8, 4) is 0 Å². The molecule has 18 heavy (non-hydrogen) atoms. The Morgan fingerprint density at radius 3 is 2.89 bits per heavy atom. The molecule has 0 aromatic heterocycles. The van der Waals surface area contributed by atoms with Crippen LogP contribution in [0.15, 0.2) is 24.3 Å². The Kier molecular flexibility index (Phi) is 4.05. The Morgan fingerprint density at radius 2 is 2.22 bits per heavy atom. The van der Waals surface area contributed by atoms with E-state index in [4.69, 9.17) is 10.5 Å². The highest BCUT2D eigenvalue weighted by Gasteiger charge is 2.31. The maximum absolute atomic E-state index is 6.33. The fraction of sp³-hybridized carbons (Fsp3) is 0.600. The second-order valence-corrected chi connectivity index (χ2v) is 5.83. The first-order chi connectivity index (χ1) is 8.49. The van der Waals surface area contributed by atoms with Gasteiger partial charge in [0.15, 0.2) is 0 Å². The lowest BCUT2D eigenvalue weighted by Gasteiger charge is -2.43. The van der Waals surface area contributed by atoms with Crippen LogP contribution in [0.25, 0.3) is 0 Å². The van der Waals surface area contributed by atoms with Crippen LogP contribution in [0.3, 0.4) is 0 Å². The first-order valence-corrected chi connectivity index (χ1v) is 6.64. The van der Waals surface area contributed by atoms with E-state index in [9.17, 15) is 0 Å². The predicted octanol–water partition coefficient (Wildman–Crippen LogP) is 2.11. The van der Waals surface area contributed by atoms with E-state index >= 15 is 0 Å². The van der Waals surface area contributed by atoms with E-state index in [0.29, 0.717) is 0 Å². The average molecular weight is 248 g/mol. The van der Waals surface area contributed by atoms with Crippen molar-refractivity contribution in [1.82, 2.24) is 4.90 Å². The molecule has 0 aliphatic carbocycles. The molecule has 1 aromatic carbocycles. The lowest BCUT2D eigenvalue weighted by atomic mass is 9.99. The minimum atomic E-state index is 0.0716. The van der Waals surface area contributed by atoms with Crippen molar-refractivity contribution < 1.29 is 4.74 Å². The van der Waals surface area contributed by atoms with Crippen molar-refractivity contribution in [1.29, 1.82) is 0 Å². The number of aryl methyl sites for hydroxylation is 1. The minimum absolute atomic E-state index is 0.0716. The van der Waals surface area contributed by atoms with Crippen molar-refractivity contribution in [2.45, 2.75) is 32.4 Å². The van der Waals surface area contributed by atoms with Gasteiger partial charge in [-0.15, -0.1) is 0 Å². The van der Waals surface area contributed by atoms with Gasteiger partial charge in [0.05, 0.1) is 13.2 Å². The van der Waals surface area contributed by atoms with Crippen LogP contribution in [0.2, 0.25) is 0 Å². The second-order valence-electron chi connectivity index (χ2n) is 5.83. The molecule has 2 rings (SSSR count). The number of ether oxygens (including phenoxy) is 1. The number of nitrogens with two attached hydrogens (primary N) is 1. The molecule has 0 radical (unpaired) electrons. The molecule has 1 fully saturated rings. The van der Waals surface area contributed by atoms with Crippen LogP contribution in [0, 0.1) is 6.92 Å². The molecule has 1 unspecified atom stereocenters. The van der Waals surface area contributed by atoms with Crippen LogP contribution < -0.4 is 5.73 Å². The molecule has 1 aliphatic heterocycles. The highest BCUT2D eigenvalue weighted by molar-refractivity contribution is 5.25. The summed E-state index contributed by atoms with van der Waals surface area (Å²) in [5.74, 6) is 0. The van der Waals surface area contributed by atoms with Crippen LogP contribution in [-0.4, -0.2) is 36.7 Å². The first kappa shape index (κ1) is 13.5. The maximum atomic E-state index is 6.33. The fourth-order valence-corrected chi connectivity index (χ4v) is 2.47. The average Bonchev–Trinajstić information content (AvgIpc) is 2.31. The summed E-state index contributed by atoms with van der Waals surface area (Å²) in [5, 5.41) is 0. The van der Waals surface area contributed by atoms with Gasteiger partial charge in [-0.1, -0.05) is 29.8 Å². The van der Waals surface area contributed by atoms with Crippen molar-refractivity contribution in [2.24, 2.45) is 5.73 Å². The third-order valence-electron chi connectivity index (χ3n) is 3.70. The normalized spacial score (nSPS) is 21.8. The van der Waals surface area contributed by atoms with Gasteiger partial charge in [0.2, 0.25) is 0 Å². The molecule has 0 bridgehead atoms. The molecule has 3 heteroatoms. The SMILES string of the molecule is Cc1cccc(C(N)CN2CCOCC2(C)C)c1. The van der Waals surface area contributed by atoms with E-state index in [2.05, 4.69) is 49.9 Å². The van der Waals surface area contributed by atoms with Crippen LogP contribution in [0.5, 0.6) is 0 Å². The molecule has 1 aromatic rings. The lowest BCUT2D eigenvalue weighted by molar-refractivity contribution is -0.0531. The van der Waals surface area contributed by atoms with Gasteiger partial charge in [-0.3, -0.25) is 4.90 Å². The van der Waals surface area contributed by atoms with Gasteiger partial charge in [0.1, 0.15) is 0 Å². The Morgan fingerprint density at radius 1 is 1.44 bits per heavy atom. The zero-order chi connectivity index (χ0) is 13.2. The minimum Gasteiger partial charge on any atom is -0.378 e. The van der Waals surface area contributed by atoms with E-state index < -0.39 is 0 Å². The monoisotopic (exact) mass is 248 g/mol. The Labute approximate surface area is 110 Å². The summed E-state index contributed by atoms with van der Waals surface area (Å²) >= 11 is 0. The van der Waals surface area contributed by atoms with Gasteiger partial charge in [-0.2, -0.15) is 0 Å². The molecule has 3 nitrogen and oxygen atoms in total. The van der Waals surface area contributed by atoms with Crippen LogP contribution in [-0.2, 0) is 4.74 Å². The maximum Gasteiger partial charge on any atom is 0.0645 e. The number of rotatable bonds is 3. The number of hydrogen-bond donors (Lipinski definition) is 1. The summed E-state index contributed by atoms with van der Waals surface area (Å²) in [6.07, 6.45) is 0. The standard InChI is InChI=1S/C15H24N2O/c1-12-5-4-6-13(9-12)14(16)10-17-7-8-18-11-15(17,2)3/h4-6,9,14H,7-8,10-11,16H2,1-3H3. The summed E-state index contributed by atoms with van der Waals surface area (Å²) in [5.41, 5.74) is 8.90. The molecular weight excluding hydrogens is 224 g/mol. The molecule has 2 N–H and O–H groups in total.